The summed E-state index contributed by atoms with van der Waals surface area (Å²) in [5.41, 5.74) is 1.34. The standard InChI is InChI=1S/C11H16N2O/c1-8(2)4-5-11-12-9(3)6-10(7-14)13-11/h6-8H,4-5H2,1-3H3. The van der Waals surface area contributed by atoms with Gasteiger partial charge in [0.2, 0.25) is 0 Å². The smallest absolute Gasteiger partial charge is 0.168 e. The van der Waals surface area contributed by atoms with Crippen molar-refractivity contribution in [3.8, 4) is 0 Å². The molecule has 76 valence electrons. The quantitative estimate of drug-likeness (QED) is 0.687. The highest BCUT2D eigenvalue weighted by molar-refractivity contribution is 5.71. The van der Waals surface area contributed by atoms with E-state index in [0.717, 1.165) is 30.6 Å². The number of aldehydes is 1. The second-order valence-corrected chi connectivity index (χ2v) is 3.90. The second-order valence-electron chi connectivity index (χ2n) is 3.90. The molecule has 0 radical (unpaired) electrons. The van der Waals surface area contributed by atoms with Crippen molar-refractivity contribution >= 4 is 6.29 Å². The van der Waals surface area contributed by atoms with Gasteiger partial charge in [-0.2, -0.15) is 0 Å². The molecule has 0 spiro atoms. The molecular formula is C11H16N2O. The number of aryl methyl sites for hydroxylation is 2. The first-order valence-electron chi connectivity index (χ1n) is 4.91. The zero-order chi connectivity index (χ0) is 10.6. The number of hydrogen-bond acceptors (Lipinski definition) is 3. The van der Waals surface area contributed by atoms with Crippen molar-refractivity contribution in [2.75, 3.05) is 0 Å². The third-order valence-electron chi connectivity index (χ3n) is 1.99. The lowest BCUT2D eigenvalue weighted by molar-refractivity contribution is 0.111. The van der Waals surface area contributed by atoms with Gasteiger partial charge in [0, 0.05) is 12.1 Å². The second kappa shape index (κ2) is 4.84. The highest BCUT2D eigenvalue weighted by Crippen LogP contribution is 2.06. The molecule has 0 aliphatic heterocycles. The predicted molar refractivity (Wildman–Crippen MR) is 55.3 cm³/mol. The first-order chi connectivity index (χ1) is 6.61. The molecule has 0 bridgehead atoms. The van der Waals surface area contributed by atoms with E-state index in [4.69, 9.17) is 0 Å². The summed E-state index contributed by atoms with van der Waals surface area (Å²) in [6.07, 6.45) is 2.68. The number of carbonyl (C=O) groups excluding carboxylic acids is 1. The summed E-state index contributed by atoms with van der Waals surface area (Å²) >= 11 is 0. The van der Waals surface area contributed by atoms with E-state index in [0.29, 0.717) is 11.6 Å². The largest absolute Gasteiger partial charge is 0.296 e. The summed E-state index contributed by atoms with van der Waals surface area (Å²) in [6, 6.07) is 1.70. The zero-order valence-electron chi connectivity index (χ0n) is 8.95. The third-order valence-corrected chi connectivity index (χ3v) is 1.99. The Balaban J connectivity index is 2.76. The van der Waals surface area contributed by atoms with Crippen molar-refractivity contribution in [2.24, 2.45) is 5.92 Å². The van der Waals surface area contributed by atoms with Crippen LogP contribution in [0.3, 0.4) is 0 Å². The molecule has 1 aromatic rings. The van der Waals surface area contributed by atoms with Crippen LogP contribution in [0.2, 0.25) is 0 Å². The fourth-order valence-electron chi connectivity index (χ4n) is 1.25. The van der Waals surface area contributed by atoms with Gasteiger partial charge in [0.05, 0.1) is 0 Å². The highest BCUT2D eigenvalue weighted by atomic mass is 16.1. The Labute approximate surface area is 84.6 Å². The molecule has 0 aromatic carbocycles. The van der Waals surface area contributed by atoms with Gasteiger partial charge in [0.25, 0.3) is 0 Å². The van der Waals surface area contributed by atoms with Crippen molar-refractivity contribution in [2.45, 2.75) is 33.6 Å². The molecular weight excluding hydrogens is 176 g/mol. The Kier molecular flexibility index (Phi) is 3.74. The van der Waals surface area contributed by atoms with E-state index in [1.54, 1.807) is 6.07 Å². The van der Waals surface area contributed by atoms with E-state index in [1.165, 1.54) is 0 Å². The summed E-state index contributed by atoms with van der Waals surface area (Å²) in [7, 11) is 0. The van der Waals surface area contributed by atoms with E-state index >= 15 is 0 Å². The molecule has 0 atom stereocenters. The Bertz CT molecular complexity index is 321. The third kappa shape index (κ3) is 3.24. The Hall–Kier alpha value is -1.25. The van der Waals surface area contributed by atoms with E-state index < -0.39 is 0 Å². The summed E-state index contributed by atoms with van der Waals surface area (Å²) in [5.74, 6) is 1.42. The van der Waals surface area contributed by atoms with Crippen molar-refractivity contribution < 1.29 is 4.79 Å². The molecule has 0 aliphatic carbocycles. The van der Waals surface area contributed by atoms with Crippen LogP contribution in [0.15, 0.2) is 6.07 Å². The summed E-state index contributed by atoms with van der Waals surface area (Å²) < 4.78 is 0. The van der Waals surface area contributed by atoms with Crippen LogP contribution < -0.4 is 0 Å². The van der Waals surface area contributed by atoms with Crippen LogP contribution in [0.1, 0.15) is 42.3 Å². The van der Waals surface area contributed by atoms with Crippen LogP contribution in [0.4, 0.5) is 0 Å². The molecule has 3 nitrogen and oxygen atoms in total. The summed E-state index contributed by atoms with van der Waals surface area (Å²) in [5, 5.41) is 0. The molecule has 0 N–H and O–H groups in total. The monoisotopic (exact) mass is 192 g/mol. The Morgan fingerprint density at radius 2 is 2.14 bits per heavy atom. The van der Waals surface area contributed by atoms with E-state index in [9.17, 15) is 4.79 Å². The van der Waals surface area contributed by atoms with Crippen LogP contribution in [0.25, 0.3) is 0 Å². The van der Waals surface area contributed by atoms with Crippen molar-refractivity contribution in [1.29, 1.82) is 0 Å². The van der Waals surface area contributed by atoms with Gasteiger partial charge in [-0.25, -0.2) is 9.97 Å². The molecule has 0 amide bonds. The van der Waals surface area contributed by atoms with Crippen molar-refractivity contribution in [3.63, 3.8) is 0 Å². The number of nitrogens with zero attached hydrogens (tertiary/aromatic N) is 2. The fraction of sp³-hybridized carbons (Fsp3) is 0.545. The SMILES string of the molecule is Cc1cc(C=O)nc(CCC(C)C)n1. The molecule has 1 heterocycles. The summed E-state index contributed by atoms with van der Waals surface area (Å²) in [4.78, 5) is 19.0. The molecule has 1 rings (SSSR count). The van der Waals surface area contributed by atoms with E-state index in [-0.39, 0.29) is 0 Å². The van der Waals surface area contributed by atoms with Crippen LogP contribution in [-0.2, 0) is 6.42 Å². The van der Waals surface area contributed by atoms with Gasteiger partial charge in [0.1, 0.15) is 11.5 Å². The maximum Gasteiger partial charge on any atom is 0.168 e. The molecule has 0 aliphatic rings. The molecule has 1 aromatic heterocycles. The number of hydrogen-bond donors (Lipinski definition) is 0. The lowest BCUT2D eigenvalue weighted by Crippen LogP contribution is -2.02. The average Bonchev–Trinajstić information content (AvgIpc) is 2.14. The van der Waals surface area contributed by atoms with Gasteiger partial charge in [-0.15, -0.1) is 0 Å². The van der Waals surface area contributed by atoms with Crippen LogP contribution in [-0.4, -0.2) is 16.3 Å². The number of aromatic nitrogens is 2. The highest BCUT2D eigenvalue weighted by Gasteiger charge is 2.02. The molecule has 0 saturated heterocycles. The first-order valence-corrected chi connectivity index (χ1v) is 4.91. The zero-order valence-corrected chi connectivity index (χ0v) is 8.95. The van der Waals surface area contributed by atoms with Gasteiger partial charge in [0.15, 0.2) is 6.29 Å². The van der Waals surface area contributed by atoms with Crippen LogP contribution in [0.5, 0.6) is 0 Å². The maximum atomic E-state index is 10.6. The molecule has 0 saturated carbocycles. The van der Waals surface area contributed by atoms with E-state index in [2.05, 4.69) is 23.8 Å². The topological polar surface area (TPSA) is 42.9 Å². The number of carbonyl (C=O) groups is 1. The van der Waals surface area contributed by atoms with Gasteiger partial charge in [-0.05, 0) is 25.3 Å². The normalized spacial score (nSPS) is 10.6. The minimum Gasteiger partial charge on any atom is -0.296 e. The Morgan fingerprint density at radius 3 is 2.71 bits per heavy atom. The van der Waals surface area contributed by atoms with Crippen LogP contribution in [0, 0.1) is 12.8 Å². The fourth-order valence-corrected chi connectivity index (χ4v) is 1.25. The predicted octanol–water partition coefficient (Wildman–Crippen LogP) is 2.19. The van der Waals surface area contributed by atoms with Crippen LogP contribution >= 0.6 is 0 Å². The minimum atomic E-state index is 0.483. The first kappa shape index (κ1) is 10.8. The molecule has 0 fully saturated rings. The molecule has 14 heavy (non-hydrogen) atoms. The maximum absolute atomic E-state index is 10.6. The van der Waals surface area contributed by atoms with Gasteiger partial charge in [-0.1, -0.05) is 13.8 Å². The number of rotatable bonds is 4. The van der Waals surface area contributed by atoms with E-state index in [1.807, 2.05) is 6.92 Å². The van der Waals surface area contributed by atoms with Gasteiger partial charge < -0.3 is 0 Å². The van der Waals surface area contributed by atoms with Gasteiger partial charge in [-0.3, -0.25) is 4.79 Å². The van der Waals surface area contributed by atoms with Crippen molar-refractivity contribution in [3.05, 3.63) is 23.3 Å². The summed E-state index contributed by atoms with van der Waals surface area (Å²) in [6.45, 7) is 6.21. The molecule has 0 unspecified atom stereocenters. The van der Waals surface area contributed by atoms with Gasteiger partial charge >= 0.3 is 0 Å². The minimum absolute atomic E-state index is 0.483. The average molecular weight is 192 g/mol. The lowest BCUT2D eigenvalue weighted by Gasteiger charge is -2.04. The Morgan fingerprint density at radius 1 is 1.43 bits per heavy atom. The van der Waals surface area contributed by atoms with Crippen molar-refractivity contribution in [1.82, 2.24) is 9.97 Å². The molecule has 3 heteroatoms. The lowest BCUT2D eigenvalue weighted by atomic mass is 10.1.